The summed E-state index contributed by atoms with van der Waals surface area (Å²) in [5, 5.41) is 3.57. The first-order valence-electron chi connectivity index (χ1n) is 7.52. The number of benzene rings is 2. The maximum Gasteiger partial charge on any atom is 0.165 e. The summed E-state index contributed by atoms with van der Waals surface area (Å²) in [6, 6.07) is 9.23. The van der Waals surface area contributed by atoms with Crippen molar-refractivity contribution in [2.75, 3.05) is 5.32 Å². The molecule has 0 atom stereocenters. The van der Waals surface area contributed by atoms with Crippen LogP contribution in [-0.2, 0) is 6.61 Å². The zero-order valence-electron chi connectivity index (χ0n) is 13.0. The molecule has 2 nitrogen and oxygen atoms in total. The van der Waals surface area contributed by atoms with Crippen LogP contribution in [-0.4, -0.2) is 5.54 Å². The van der Waals surface area contributed by atoms with E-state index in [1.54, 1.807) is 6.07 Å². The van der Waals surface area contributed by atoms with Crippen LogP contribution in [0.4, 0.5) is 10.1 Å². The molecule has 2 aliphatic heterocycles. The lowest BCUT2D eigenvalue weighted by molar-refractivity contribution is 0.286. The van der Waals surface area contributed by atoms with Crippen molar-refractivity contribution in [2.45, 2.75) is 32.9 Å². The van der Waals surface area contributed by atoms with Crippen LogP contribution in [0.5, 0.6) is 5.75 Å². The van der Waals surface area contributed by atoms with Crippen molar-refractivity contribution in [3.8, 4) is 16.9 Å². The molecule has 2 aliphatic rings. The Kier molecular flexibility index (Phi) is 2.65. The maximum atomic E-state index is 13.9. The predicted octanol–water partition coefficient (Wildman–Crippen LogP) is 4.99. The number of hydrogen-bond donors (Lipinski definition) is 1. The summed E-state index contributed by atoms with van der Waals surface area (Å²) >= 11 is 0. The zero-order chi connectivity index (χ0) is 15.5. The van der Waals surface area contributed by atoms with Gasteiger partial charge in [0.15, 0.2) is 11.6 Å². The second-order valence-corrected chi connectivity index (χ2v) is 6.54. The summed E-state index contributed by atoms with van der Waals surface area (Å²) in [6.45, 7) is 6.87. The number of halogens is 1. The molecule has 0 fully saturated rings. The third-order valence-corrected chi connectivity index (χ3v) is 4.77. The molecule has 2 heterocycles. The average Bonchev–Trinajstić information content (AvgIpc) is 2.48. The molecule has 2 aromatic carbocycles. The Morgan fingerprint density at radius 3 is 2.77 bits per heavy atom. The van der Waals surface area contributed by atoms with Crippen molar-refractivity contribution in [3.63, 3.8) is 0 Å². The first kappa shape index (κ1) is 13.4. The third-order valence-electron chi connectivity index (χ3n) is 4.77. The molecule has 0 spiro atoms. The second kappa shape index (κ2) is 4.35. The highest BCUT2D eigenvalue weighted by atomic mass is 19.1. The Morgan fingerprint density at radius 1 is 1.14 bits per heavy atom. The van der Waals surface area contributed by atoms with Gasteiger partial charge < -0.3 is 10.1 Å². The van der Waals surface area contributed by atoms with Crippen LogP contribution < -0.4 is 10.1 Å². The Morgan fingerprint density at radius 2 is 1.95 bits per heavy atom. The Bertz CT molecular complexity index is 820. The van der Waals surface area contributed by atoms with Gasteiger partial charge in [0.2, 0.25) is 0 Å². The van der Waals surface area contributed by atoms with E-state index >= 15 is 0 Å². The van der Waals surface area contributed by atoms with Gasteiger partial charge in [-0.1, -0.05) is 24.3 Å². The third kappa shape index (κ3) is 1.78. The minimum Gasteiger partial charge on any atom is -0.485 e. The minimum atomic E-state index is -0.299. The quantitative estimate of drug-likeness (QED) is 0.739. The number of nitrogens with one attached hydrogen (secondary N) is 1. The molecule has 0 saturated heterocycles. The predicted molar refractivity (Wildman–Crippen MR) is 87.5 cm³/mol. The lowest BCUT2D eigenvalue weighted by atomic mass is 9.84. The molecular formula is C19H18FNO. The number of fused-ring (bicyclic) bond motifs is 5. The topological polar surface area (TPSA) is 21.3 Å². The van der Waals surface area contributed by atoms with Crippen molar-refractivity contribution >= 4 is 11.8 Å². The molecule has 0 radical (unpaired) electrons. The molecule has 3 heteroatoms. The lowest BCUT2D eigenvalue weighted by Crippen LogP contribution is -2.35. The van der Waals surface area contributed by atoms with Crippen LogP contribution in [0.25, 0.3) is 17.2 Å². The van der Waals surface area contributed by atoms with E-state index in [9.17, 15) is 4.39 Å². The summed E-state index contributed by atoms with van der Waals surface area (Å²) in [5.41, 5.74) is 6.50. The second-order valence-electron chi connectivity index (χ2n) is 6.54. The first-order chi connectivity index (χ1) is 10.5. The van der Waals surface area contributed by atoms with Gasteiger partial charge >= 0.3 is 0 Å². The summed E-state index contributed by atoms with van der Waals surface area (Å²) in [6.07, 6.45) is 2.22. The van der Waals surface area contributed by atoms with Gasteiger partial charge in [-0.2, -0.15) is 0 Å². The van der Waals surface area contributed by atoms with Gasteiger partial charge in [0.25, 0.3) is 0 Å². The van der Waals surface area contributed by atoms with Crippen LogP contribution in [0.15, 0.2) is 35.9 Å². The first-order valence-corrected chi connectivity index (χ1v) is 7.52. The molecule has 0 saturated carbocycles. The van der Waals surface area contributed by atoms with Gasteiger partial charge in [0.1, 0.15) is 6.61 Å². The number of hydrogen-bond acceptors (Lipinski definition) is 2. The molecule has 112 valence electrons. The van der Waals surface area contributed by atoms with E-state index in [1.807, 2.05) is 6.07 Å². The molecule has 4 rings (SSSR count). The van der Waals surface area contributed by atoms with Gasteiger partial charge in [-0.25, -0.2) is 4.39 Å². The van der Waals surface area contributed by atoms with Gasteiger partial charge in [-0.15, -0.1) is 0 Å². The van der Waals surface area contributed by atoms with E-state index in [2.05, 4.69) is 44.3 Å². The zero-order valence-corrected chi connectivity index (χ0v) is 13.0. The molecule has 0 aliphatic carbocycles. The Hall–Kier alpha value is -2.29. The fraction of sp³-hybridized carbons (Fsp3) is 0.263. The van der Waals surface area contributed by atoms with E-state index < -0.39 is 0 Å². The average molecular weight is 295 g/mol. The van der Waals surface area contributed by atoms with Crippen LogP contribution in [0.2, 0.25) is 0 Å². The fourth-order valence-electron chi connectivity index (χ4n) is 3.19. The molecule has 2 aromatic rings. The molecular weight excluding hydrogens is 277 g/mol. The van der Waals surface area contributed by atoms with Crippen LogP contribution >= 0.6 is 0 Å². The molecule has 0 unspecified atom stereocenters. The smallest absolute Gasteiger partial charge is 0.165 e. The van der Waals surface area contributed by atoms with E-state index in [4.69, 9.17) is 4.74 Å². The Labute approximate surface area is 129 Å². The maximum absolute atomic E-state index is 13.9. The largest absolute Gasteiger partial charge is 0.485 e. The van der Waals surface area contributed by atoms with E-state index in [0.717, 1.165) is 27.9 Å². The standard InChI is InChI=1S/C19H18FNO/c1-11-9-14-15-10-22-18-13(5-4-6-16(18)20)12(15)7-8-17(14)21-19(11,2)3/h4-9,21H,10H2,1-3H3. The summed E-state index contributed by atoms with van der Waals surface area (Å²) in [4.78, 5) is 0. The van der Waals surface area contributed by atoms with Crippen molar-refractivity contribution < 1.29 is 9.13 Å². The minimum absolute atomic E-state index is 0.0548. The Balaban J connectivity index is 1.95. The highest BCUT2D eigenvalue weighted by Gasteiger charge is 2.29. The summed E-state index contributed by atoms with van der Waals surface area (Å²) in [7, 11) is 0. The van der Waals surface area contributed by atoms with Crippen molar-refractivity contribution in [2.24, 2.45) is 0 Å². The van der Waals surface area contributed by atoms with E-state index in [-0.39, 0.29) is 11.4 Å². The fourth-order valence-corrected chi connectivity index (χ4v) is 3.19. The van der Waals surface area contributed by atoms with Crippen LogP contribution in [0.3, 0.4) is 0 Å². The van der Waals surface area contributed by atoms with Crippen LogP contribution in [0, 0.1) is 5.82 Å². The molecule has 0 aromatic heterocycles. The molecule has 0 amide bonds. The summed E-state index contributed by atoms with van der Waals surface area (Å²) in [5.74, 6) is 0.0617. The highest BCUT2D eigenvalue weighted by molar-refractivity contribution is 5.86. The van der Waals surface area contributed by atoms with Crippen molar-refractivity contribution in [1.29, 1.82) is 0 Å². The summed E-state index contributed by atoms with van der Waals surface area (Å²) < 4.78 is 19.6. The lowest BCUT2D eigenvalue weighted by Gasteiger charge is -2.35. The normalized spacial score (nSPS) is 17.4. The van der Waals surface area contributed by atoms with Crippen molar-refractivity contribution in [3.05, 3.63) is 52.8 Å². The molecule has 1 N–H and O–H groups in total. The van der Waals surface area contributed by atoms with Gasteiger partial charge in [0, 0.05) is 22.4 Å². The number of para-hydroxylation sites is 1. The van der Waals surface area contributed by atoms with E-state index in [0.29, 0.717) is 12.4 Å². The monoisotopic (exact) mass is 295 g/mol. The van der Waals surface area contributed by atoms with Gasteiger partial charge in [0.05, 0.1) is 5.54 Å². The van der Waals surface area contributed by atoms with Gasteiger partial charge in [-0.05, 0) is 44.0 Å². The highest BCUT2D eigenvalue weighted by Crippen LogP contribution is 2.44. The molecule has 22 heavy (non-hydrogen) atoms. The number of rotatable bonds is 0. The van der Waals surface area contributed by atoms with E-state index in [1.165, 1.54) is 11.6 Å². The molecule has 0 bridgehead atoms. The number of ether oxygens (including phenoxy) is 1. The SMILES string of the molecule is CC1=Cc2c(ccc3c2COc2c(F)cccc2-3)NC1(C)C. The van der Waals surface area contributed by atoms with Gasteiger partial charge in [-0.3, -0.25) is 0 Å². The van der Waals surface area contributed by atoms with Crippen LogP contribution in [0.1, 0.15) is 31.9 Å². The number of anilines is 1. The van der Waals surface area contributed by atoms with Crippen molar-refractivity contribution in [1.82, 2.24) is 0 Å².